The fourth-order valence-electron chi connectivity index (χ4n) is 2.02. The quantitative estimate of drug-likeness (QED) is 0.556. The van der Waals surface area contributed by atoms with Gasteiger partial charge in [0.25, 0.3) is 0 Å². The number of aryl methyl sites for hydroxylation is 1. The molecule has 2 heterocycles. The van der Waals surface area contributed by atoms with E-state index in [4.69, 9.17) is 11.6 Å². The number of carbonyl (C=O) groups is 1. The van der Waals surface area contributed by atoms with Crippen LogP contribution in [0.15, 0.2) is 47.8 Å². The summed E-state index contributed by atoms with van der Waals surface area (Å²) in [4.78, 5) is 16.0. The zero-order valence-corrected chi connectivity index (χ0v) is 14.3. The van der Waals surface area contributed by atoms with Crippen LogP contribution in [-0.2, 0) is 4.79 Å². The van der Waals surface area contributed by atoms with Gasteiger partial charge in [0.15, 0.2) is 5.15 Å². The lowest BCUT2D eigenvalue weighted by atomic mass is 10.2. The molecular weight excluding hydrogens is 348 g/mol. The van der Waals surface area contributed by atoms with Crippen LogP contribution >= 0.6 is 23.4 Å². The summed E-state index contributed by atoms with van der Waals surface area (Å²) >= 11 is 7.16. The summed E-state index contributed by atoms with van der Waals surface area (Å²) in [6, 6.07) is 11.1. The molecule has 0 saturated heterocycles. The zero-order chi connectivity index (χ0) is 16.9. The van der Waals surface area contributed by atoms with Crippen molar-refractivity contribution in [1.82, 2.24) is 25.2 Å². The second-order valence-electron chi connectivity index (χ2n) is 4.84. The summed E-state index contributed by atoms with van der Waals surface area (Å²) in [6.45, 7) is 1.97. The lowest BCUT2D eigenvalue weighted by Gasteiger charge is -2.08. The SMILES string of the molecule is Cc1ccccc1-n1nnnc1SCC(=O)Nc1cccnc1Cl. The minimum absolute atomic E-state index is 0.150. The Morgan fingerprint density at radius 3 is 2.92 bits per heavy atom. The van der Waals surface area contributed by atoms with E-state index in [1.54, 1.807) is 23.0 Å². The van der Waals surface area contributed by atoms with Crippen molar-refractivity contribution < 1.29 is 4.79 Å². The molecule has 3 aromatic rings. The molecule has 0 bridgehead atoms. The van der Waals surface area contributed by atoms with Crippen molar-refractivity contribution in [3.63, 3.8) is 0 Å². The molecule has 24 heavy (non-hydrogen) atoms. The first-order chi connectivity index (χ1) is 11.6. The Kier molecular flexibility index (Phi) is 5.07. The van der Waals surface area contributed by atoms with Gasteiger partial charge in [0.1, 0.15) is 0 Å². The highest BCUT2D eigenvalue weighted by Crippen LogP contribution is 2.22. The van der Waals surface area contributed by atoms with Crippen LogP contribution in [-0.4, -0.2) is 36.9 Å². The van der Waals surface area contributed by atoms with E-state index in [0.717, 1.165) is 11.3 Å². The number of rotatable bonds is 5. The van der Waals surface area contributed by atoms with Crippen LogP contribution in [0.5, 0.6) is 0 Å². The second kappa shape index (κ2) is 7.41. The number of hydrogen-bond donors (Lipinski definition) is 1. The van der Waals surface area contributed by atoms with Gasteiger partial charge < -0.3 is 5.32 Å². The smallest absolute Gasteiger partial charge is 0.234 e. The van der Waals surface area contributed by atoms with E-state index in [2.05, 4.69) is 25.8 Å². The first-order valence-electron chi connectivity index (χ1n) is 7.02. The molecule has 0 aliphatic rings. The van der Waals surface area contributed by atoms with Crippen LogP contribution < -0.4 is 5.32 Å². The number of para-hydroxylation sites is 1. The first kappa shape index (κ1) is 16.4. The molecule has 0 fully saturated rings. The summed E-state index contributed by atoms with van der Waals surface area (Å²) in [5.41, 5.74) is 2.39. The summed E-state index contributed by atoms with van der Waals surface area (Å²) < 4.78 is 1.62. The average molecular weight is 361 g/mol. The van der Waals surface area contributed by atoms with Crippen molar-refractivity contribution >= 4 is 35.0 Å². The summed E-state index contributed by atoms with van der Waals surface area (Å²) in [5, 5.41) is 15.2. The van der Waals surface area contributed by atoms with E-state index in [1.165, 1.54) is 11.8 Å². The number of amides is 1. The Balaban J connectivity index is 1.68. The maximum atomic E-state index is 12.1. The molecule has 122 valence electrons. The van der Waals surface area contributed by atoms with Gasteiger partial charge in [0.05, 0.1) is 17.1 Å². The minimum Gasteiger partial charge on any atom is -0.323 e. The molecule has 2 aromatic heterocycles. The first-order valence-corrected chi connectivity index (χ1v) is 8.39. The number of halogens is 1. The molecule has 3 rings (SSSR count). The number of pyridine rings is 1. The van der Waals surface area contributed by atoms with Gasteiger partial charge in [-0.2, -0.15) is 4.68 Å². The molecule has 0 aliphatic carbocycles. The third-order valence-corrected chi connectivity index (χ3v) is 4.37. The average Bonchev–Trinajstić information content (AvgIpc) is 3.04. The monoisotopic (exact) mass is 360 g/mol. The molecule has 0 aliphatic heterocycles. The summed E-state index contributed by atoms with van der Waals surface area (Å²) in [7, 11) is 0. The molecule has 0 radical (unpaired) electrons. The Labute approximate surface area is 147 Å². The highest BCUT2D eigenvalue weighted by molar-refractivity contribution is 7.99. The van der Waals surface area contributed by atoms with Gasteiger partial charge in [0.2, 0.25) is 11.1 Å². The lowest BCUT2D eigenvalue weighted by molar-refractivity contribution is -0.113. The molecule has 0 atom stereocenters. The van der Waals surface area contributed by atoms with E-state index in [1.807, 2.05) is 31.2 Å². The number of thioether (sulfide) groups is 1. The Morgan fingerprint density at radius 1 is 1.29 bits per heavy atom. The van der Waals surface area contributed by atoms with Crippen LogP contribution in [0.25, 0.3) is 5.69 Å². The molecule has 9 heteroatoms. The van der Waals surface area contributed by atoms with Gasteiger partial charge in [-0.1, -0.05) is 41.6 Å². The van der Waals surface area contributed by atoms with E-state index in [-0.39, 0.29) is 16.8 Å². The zero-order valence-electron chi connectivity index (χ0n) is 12.7. The Bertz CT molecular complexity index is 868. The number of benzene rings is 1. The Hall–Kier alpha value is -2.45. The predicted octanol–water partition coefficient (Wildman–Crippen LogP) is 2.75. The highest BCUT2D eigenvalue weighted by atomic mass is 35.5. The van der Waals surface area contributed by atoms with E-state index in [0.29, 0.717) is 10.8 Å². The van der Waals surface area contributed by atoms with Gasteiger partial charge >= 0.3 is 0 Å². The number of nitrogens with one attached hydrogen (secondary N) is 1. The number of tetrazole rings is 1. The number of carbonyl (C=O) groups excluding carboxylic acids is 1. The molecule has 1 N–H and O–H groups in total. The second-order valence-corrected chi connectivity index (χ2v) is 6.14. The van der Waals surface area contributed by atoms with Crippen molar-refractivity contribution in [2.75, 3.05) is 11.1 Å². The third kappa shape index (κ3) is 3.72. The molecular formula is C15H13ClN6OS. The summed E-state index contributed by atoms with van der Waals surface area (Å²) in [5.74, 6) is -0.0634. The van der Waals surface area contributed by atoms with Crippen molar-refractivity contribution in [1.29, 1.82) is 0 Å². The molecule has 0 saturated carbocycles. The van der Waals surface area contributed by atoms with Gasteiger partial charge in [-0.15, -0.1) is 5.10 Å². The van der Waals surface area contributed by atoms with Gasteiger partial charge in [-0.05, 0) is 41.1 Å². The topological polar surface area (TPSA) is 85.6 Å². The molecule has 0 spiro atoms. The van der Waals surface area contributed by atoms with Crippen LogP contribution in [0.1, 0.15) is 5.56 Å². The van der Waals surface area contributed by atoms with Crippen molar-refractivity contribution in [2.45, 2.75) is 12.1 Å². The van der Waals surface area contributed by atoms with Crippen molar-refractivity contribution in [3.8, 4) is 5.69 Å². The van der Waals surface area contributed by atoms with Gasteiger partial charge in [-0.3, -0.25) is 4.79 Å². The molecule has 7 nitrogen and oxygen atoms in total. The number of aromatic nitrogens is 5. The minimum atomic E-state index is -0.214. The molecule has 1 amide bonds. The maximum Gasteiger partial charge on any atom is 0.234 e. The van der Waals surface area contributed by atoms with E-state index in [9.17, 15) is 4.79 Å². The predicted molar refractivity (Wildman–Crippen MR) is 92.5 cm³/mol. The normalized spacial score (nSPS) is 10.6. The highest BCUT2D eigenvalue weighted by Gasteiger charge is 2.13. The van der Waals surface area contributed by atoms with Crippen LogP contribution in [0, 0.1) is 6.92 Å². The largest absolute Gasteiger partial charge is 0.323 e. The maximum absolute atomic E-state index is 12.1. The van der Waals surface area contributed by atoms with E-state index < -0.39 is 0 Å². The molecule has 1 aromatic carbocycles. The third-order valence-electron chi connectivity index (χ3n) is 3.15. The number of anilines is 1. The van der Waals surface area contributed by atoms with Gasteiger partial charge in [0, 0.05) is 6.20 Å². The fourth-order valence-corrected chi connectivity index (χ4v) is 2.87. The van der Waals surface area contributed by atoms with Crippen LogP contribution in [0.3, 0.4) is 0 Å². The lowest BCUT2D eigenvalue weighted by Crippen LogP contribution is -2.15. The van der Waals surface area contributed by atoms with E-state index >= 15 is 0 Å². The summed E-state index contributed by atoms with van der Waals surface area (Å²) in [6.07, 6.45) is 1.56. The van der Waals surface area contributed by atoms with Crippen LogP contribution in [0.4, 0.5) is 5.69 Å². The number of nitrogens with zero attached hydrogens (tertiary/aromatic N) is 5. The fraction of sp³-hybridized carbons (Fsp3) is 0.133. The Morgan fingerprint density at radius 2 is 2.12 bits per heavy atom. The van der Waals surface area contributed by atoms with Crippen LogP contribution in [0.2, 0.25) is 5.15 Å². The number of hydrogen-bond acceptors (Lipinski definition) is 6. The molecule has 0 unspecified atom stereocenters. The standard InChI is InChI=1S/C15H13ClN6OS/c1-10-5-2-3-7-12(10)22-15(19-20-21-22)24-9-13(23)18-11-6-4-8-17-14(11)16/h2-8H,9H2,1H3,(H,18,23). The van der Waals surface area contributed by atoms with Crippen molar-refractivity contribution in [2.24, 2.45) is 0 Å². The van der Waals surface area contributed by atoms with Gasteiger partial charge in [-0.25, -0.2) is 4.98 Å². The van der Waals surface area contributed by atoms with Crippen molar-refractivity contribution in [3.05, 3.63) is 53.3 Å².